The van der Waals surface area contributed by atoms with Crippen LogP contribution >= 0.6 is 0 Å². The molecule has 0 spiro atoms. The predicted octanol–water partition coefficient (Wildman–Crippen LogP) is 1.77. The number of ether oxygens (including phenoxy) is 2. The first kappa shape index (κ1) is 27.3. The third-order valence-corrected chi connectivity index (χ3v) is 6.28. The van der Waals surface area contributed by atoms with E-state index < -0.39 is 48.5 Å². The van der Waals surface area contributed by atoms with Gasteiger partial charge in [0, 0.05) is 18.8 Å². The highest BCUT2D eigenvalue weighted by atomic mass is 19.3. The van der Waals surface area contributed by atoms with E-state index in [-0.39, 0.29) is 43.3 Å². The zero-order valence-corrected chi connectivity index (χ0v) is 20.7. The number of aromatic nitrogens is 3. The maximum atomic E-state index is 14.9. The highest BCUT2D eigenvalue weighted by Gasteiger charge is 2.47. The first-order chi connectivity index (χ1) is 18.0. The van der Waals surface area contributed by atoms with Crippen molar-refractivity contribution in [3.63, 3.8) is 0 Å². The zero-order valence-electron chi connectivity index (χ0n) is 20.7. The molecule has 11 nitrogen and oxygen atoms in total. The molecule has 1 saturated heterocycles. The maximum Gasteiger partial charge on any atom is 0.338 e. The minimum absolute atomic E-state index is 0.0524. The molecule has 0 saturated carbocycles. The second-order valence-corrected chi connectivity index (χ2v) is 8.99. The van der Waals surface area contributed by atoms with E-state index in [9.17, 15) is 22.8 Å². The van der Waals surface area contributed by atoms with E-state index in [0.717, 1.165) is 0 Å². The molecule has 0 bridgehead atoms. The van der Waals surface area contributed by atoms with Gasteiger partial charge in [-0.3, -0.25) is 4.90 Å². The molecule has 1 fully saturated rings. The van der Waals surface area contributed by atoms with Crippen LogP contribution in [-0.4, -0.2) is 87.8 Å². The molecule has 1 aromatic heterocycles. The topological polar surface area (TPSA) is 131 Å². The summed E-state index contributed by atoms with van der Waals surface area (Å²) in [7, 11) is 0. The van der Waals surface area contributed by atoms with Gasteiger partial charge in [0.05, 0.1) is 31.1 Å². The van der Waals surface area contributed by atoms with Crippen molar-refractivity contribution in [3.05, 3.63) is 59.3 Å². The fourth-order valence-electron chi connectivity index (χ4n) is 4.56. The summed E-state index contributed by atoms with van der Waals surface area (Å²) in [5, 5.41) is 20.0. The number of hydrogen-bond acceptors (Lipinski definition) is 9. The Morgan fingerprint density at radius 3 is 2.50 bits per heavy atom. The van der Waals surface area contributed by atoms with Gasteiger partial charge >= 0.3 is 11.9 Å². The standard InChI is InChI=1S/C24H27F3N6O5/c1-3-37-21(36)20-17(12-32-11-8-18(24(26,27)14-32)38-13-19(34)35)30-22(33-28-9-10-29-33)31-23(20,2)15-4-6-16(25)7-5-15/h4-7,9-10,18H,3,8,11-14H2,1-2H3,(H,30,31)(H,34,35)/t18?,23-/m0/s1. The van der Waals surface area contributed by atoms with Crippen LogP contribution in [0.5, 0.6) is 0 Å². The number of carbonyl (C=O) groups is 2. The molecule has 1 aromatic carbocycles. The molecule has 204 valence electrons. The monoisotopic (exact) mass is 536 g/mol. The van der Waals surface area contributed by atoms with E-state index in [1.807, 2.05) is 0 Å². The molecule has 2 aromatic rings. The number of esters is 1. The summed E-state index contributed by atoms with van der Waals surface area (Å²) in [6, 6.07) is 5.42. The van der Waals surface area contributed by atoms with Gasteiger partial charge in [-0.1, -0.05) is 12.1 Å². The molecule has 2 aliphatic heterocycles. The van der Waals surface area contributed by atoms with Crippen molar-refractivity contribution in [1.29, 1.82) is 0 Å². The fraction of sp³-hybridized carbons (Fsp3) is 0.458. The minimum Gasteiger partial charge on any atom is -0.480 e. The Kier molecular flexibility index (Phi) is 7.83. The van der Waals surface area contributed by atoms with E-state index in [1.165, 1.54) is 46.4 Å². The highest BCUT2D eigenvalue weighted by molar-refractivity contribution is 5.97. The smallest absolute Gasteiger partial charge is 0.338 e. The quantitative estimate of drug-likeness (QED) is 0.485. The third kappa shape index (κ3) is 5.70. The van der Waals surface area contributed by atoms with Crippen LogP contribution in [0.4, 0.5) is 13.2 Å². The summed E-state index contributed by atoms with van der Waals surface area (Å²) in [5.74, 6) is -5.76. The number of alkyl halides is 2. The summed E-state index contributed by atoms with van der Waals surface area (Å²) in [5.41, 5.74) is -0.654. The Bertz CT molecular complexity index is 1230. The van der Waals surface area contributed by atoms with Crippen molar-refractivity contribution in [2.75, 3.05) is 32.8 Å². The minimum atomic E-state index is -3.34. The lowest BCUT2D eigenvalue weighted by Gasteiger charge is -2.40. The summed E-state index contributed by atoms with van der Waals surface area (Å²) < 4.78 is 53.7. The number of hydrogen-bond donors (Lipinski definition) is 2. The molecule has 38 heavy (non-hydrogen) atoms. The number of aliphatic imine (C=N–C) groups is 1. The normalized spacial score (nSPS) is 23.5. The van der Waals surface area contributed by atoms with Crippen molar-refractivity contribution in [1.82, 2.24) is 25.2 Å². The van der Waals surface area contributed by atoms with Gasteiger partial charge in [0.1, 0.15) is 24.1 Å². The molecule has 1 unspecified atom stereocenters. The average Bonchev–Trinajstić information content (AvgIpc) is 3.38. The molecule has 2 aliphatic rings. The number of carbonyl (C=O) groups excluding carboxylic acids is 1. The second-order valence-electron chi connectivity index (χ2n) is 8.99. The lowest BCUT2D eigenvalue weighted by molar-refractivity contribution is -0.180. The van der Waals surface area contributed by atoms with Crippen LogP contribution in [0.25, 0.3) is 0 Å². The first-order valence-electron chi connectivity index (χ1n) is 11.9. The average molecular weight is 537 g/mol. The first-order valence-corrected chi connectivity index (χ1v) is 11.9. The van der Waals surface area contributed by atoms with Crippen LogP contribution in [-0.2, 0) is 24.6 Å². The second kappa shape index (κ2) is 10.9. The molecule has 0 radical (unpaired) electrons. The summed E-state index contributed by atoms with van der Waals surface area (Å²) in [6.07, 6.45) is 1.17. The van der Waals surface area contributed by atoms with Crippen LogP contribution in [0.3, 0.4) is 0 Å². The molecule has 2 atom stereocenters. The molecule has 4 rings (SSSR count). The van der Waals surface area contributed by atoms with Crippen molar-refractivity contribution in [2.24, 2.45) is 4.99 Å². The Morgan fingerprint density at radius 1 is 1.21 bits per heavy atom. The lowest BCUT2D eigenvalue weighted by atomic mass is 9.82. The SMILES string of the molecule is CCOC(=O)C1=C(CN2CCC(OCC(=O)O)C(F)(F)C2)NC(n2nccn2)=N[C@@]1(C)c1ccc(F)cc1. The van der Waals surface area contributed by atoms with Crippen molar-refractivity contribution >= 4 is 17.9 Å². The van der Waals surface area contributed by atoms with Gasteiger partial charge in [0.25, 0.3) is 5.92 Å². The molecule has 2 N–H and O–H groups in total. The predicted molar refractivity (Wildman–Crippen MR) is 127 cm³/mol. The van der Waals surface area contributed by atoms with E-state index in [4.69, 9.17) is 14.6 Å². The Balaban J connectivity index is 1.73. The Morgan fingerprint density at radius 2 is 1.89 bits per heavy atom. The van der Waals surface area contributed by atoms with E-state index in [1.54, 1.807) is 13.8 Å². The maximum absolute atomic E-state index is 14.9. The molecular weight excluding hydrogens is 509 g/mol. The highest BCUT2D eigenvalue weighted by Crippen LogP contribution is 2.39. The molecular formula is C24H27F3N6O5. The summed E-state index contributed by atoms with van der Waals surface area (Å²) in [6.45, 7) is 1.76. The number of aliphatic carboxylic acids is 1. The summed E-state index contributed by atoms with van der Waals surface area (Å²) >= 11 is 0. The van der Waals surface area contributed by atoms with Gasteiger partial charge in [-0.2, -0.15) is 10.2 Å². The summed E-state index contributed by atoms with van der Waals surface area (Å²) in [4.78, 5) is 31.4. The van der Waals surface area contributed by atoms with Gasteiger partial charge in [-0.25, -0.2) is 27.8 Å². The van der Waals surface area contributed by atoms with Crippen LogP contribution < -0.4 is 5.32 Å². The molecule has 3 heterocycles. The van der Waals surface area contributed by atoms with Crippen molar-refractivity contribution in [3.8, 4) is 0 Å². The number of piperidine rings is 1. The van der Waals surface area contributed by atoms with Gasteiger partial charge in [0.2, 0.25) is 5.96 Å². The number of carboxylic acids is 1. The lowest BCUT2D eigenvalue weighted by Crippen LogP contribution is -2.55. The number of rotatable bonds is 8. The largest absolute Gasteiger partial charge is 0.480 e. The Labute approximate surface area is 215 Å². The van der Waals surface area contributed by atoms with E-state index >= 15 is 0 Å². The fourth-order valence-corrected chi connectivity index (χ4v) is 4.56. The van der Waals surface area contributed by atoms with Crippen LogP contribution in [0.2, 0.25) is 0 Å². The van der Waals surface area contributed by atoms with Crippen LogP contribution in [0.1, 0.15) is 25.8 Å². The third-order valence-electron chi connectivity index (χ3n) is 6.28. The number of nitrogens with zero attached hydrogens (tertiary/aromatic N) is 5. The molecule has 0 aliphatic carbocycles. The van der Waals surface area contributed by atoms with Gasteiger partial charge < -0.3 is 19.9 Å². The van der Waals surface area contributed by atoms with Gasteiger partial charge in [-0.15, -0.1) is 4.80 Å². The number of likely N-dealkylation sites (tertiary alicyclic amines) is 1. The molecule has 14 heteroatoms. The molecule has 0 amide bonds. The zero-order chi connectivity index (χ0) is 27.5. The number of nitrogens with one attached hydrogen (secondary N) is 1. The van der Waals surface area contributed by atoms with Crippen LogP contribution in [0.15, 0.2) is 52.9 Å². The van der Waals surface area contributed by atoms with Crippen molar-refractivity contribution < 1.29 is 37.3 Å². The van der Waals surface area contributed by atoms with Crippen molar-refractivity contribution in [2.45, 2.75) is 37.8 Å². The Hall–Kier alpha value is -3.78. The van der Waals surface area contributed by atoms with Crippen LogP contribution in [0, 0.1) is 5.82 Å². The van der Waals surface area contributed by atoms with Gasteiger partial charge in [0.15, 0.2) is 0 Å². The number of halogens is 3. The van der Waals surface area contributed by atoms with Gasteiger partial charge in [-0.05, 0) is 38.0 Å². The number of carboxylic acid groups (broad SMARTS) is 1. The van der Waals surface area contributed by atoms with E-state index in [0.29, 0.717) is 5.56 Å². The van der Waals surface area contributed by atoms with E-state index in [2.05, 4.69) is 20.5 Å². The number of benzene rings is 1.